The molecule has 1 amide bonds. The lowest BCUT2D eigenvalue weighted by atomic mass is 10.1. The van der Waals surface area contributed by atoms with Crippen molar-refractivity contribution in [3.8, 4) is 0 Å². The summed E-state index contributed by atoms with van der Waals surface area (Å²) in [5.41, 5.74) is 0. The molecule has 0 saturated carbocycles. The number of likely N-dealkylation sites (N-methyl/N-ethyl adjacent to an activating group) is 1. The van der Waals surface area contributed by atoms with Crippen LogP contribution in [0.25, 0.3) is 0 Å². The van der Waals surface area contributed by atoms with E-state index in [9.17, 15) is 18.0 Å². The van der Waals surface area contributed by atoms with Gasteiger partial charge >= 0.3 is 22.3 Å². The van der Waals surface area contributed by atoms with Gasteiger partial charge in [-0.3, -0.25) is 4.79 Å². The van der Waals surface area contributed by atoms with Crippen molar-refractivity contribution in [2.24, 2.45) is 5.92 Å². The standard InChI is InChI=1S/C9H16N2O7S/c1-3-18-9(14)10-19(15,16)11(2)7-5-17-4-6(7)8(12)13/h6-7H,3-5H2,1-2H3,(H,10,14)(H,12,13). The van der Waals surface area contributed by atoms with Crippen molar-refractivity contribution in [1.29, 1.82) is 0 Å². The largest absolute Gasteiger partial charge is 0.481 e. The zero-order valence-electron chi connectivity index (χ0n) is 10.5. The second-order valence-electron chi connectivity index (χ2n) is 3.89. The number of hydrogen-bond donors (Lipinski definition) is 2. The van der Waals surface area contributed by atoms with Crippen LogP contribution in [0, 0.1) is 5.92 Å². The van der Waals surface area contributed by atoms with Crippen molar-refractivity contribution in [3.05, 3.63) is 0 Å². The molecule has 10 heteroatoms. The summed E-state index contributed by atoms with van der Waals surface area (Å²) < 4.78 is 35.6. The average Bonchev–Trinajstić information content (AvgIpc) is 2.76. The molecule has 0 radical (unpaired) electrons. The summed E-state index contributed by atoms with van der Waals surface area (Å²) >= 11 is 0. The Labute approximate surface area is 110 Å². The predicted molar refractivity (Wildman–Crippen MR) is 62.6 cm³/mol. The molecule has 1 aliphatic heterocycles. The van der Waals surface area contributed by atoms with Crippen molar-refractivity contribution in [3.63, 3.8) is 0 Å². The van der Waals surface area contributed by atoms with E-state index >= 15 is 0 Å². The second-order valence-corrected chi connectivity index (χ2v) is 5.62. The number of ether oxygens (including phenoxy) is 2. The lowest BCUT2D eigenvalue weighted by molar-refractivity contribution is -0.142. The van der Waals surface area contributed by atoms with Crippen molar-refractivity contribution in [2.75, 3.05) is 26.9 Å². The fraction of sp³-hybridized carbons (Fsp3) is 0.778. The zero-order valence-corrected chi connectivity index (χ0v) is 11.3. The van der Waals surface area contributed by atoms with Gasteiger partial charge in [0.05, 0.1) is 31.8 Å². The van der Waals surface area contributed by atoms with Gasteiger partial charge in [-0.1, -0.05) is 0 Å². The van der Waals surface area contributed by atoms with E-state index in [2.05, 4.69) is 4.74 Å². The highest BCUT2D eigenvalue weighted by molar-refractivity contribution is 7.87. The average molecular weight is 296 g/mol. The van der Waals surface area contributed by atoms with Gasteiger partial charge in [0.2, 0.25) is 0 Å². The molecular weight excluding hydrogens is 280 g/mol. The monoisotopic (exact) mass is 296 g/mol. The smallest absolute Gasteiger partial charge is 0.421 e. The first kappa shape index (κ1) is 15.7. The van der Waals surface area contributed by atoms with E-state index in [0.717, 1.165) is 4.31 Å². The highest BCUT2D eigenvalue weighted by Gasteiger charge is 2.41. The lowest BCUT2D eigenvalue weighted by Gasteiger charge is -2.25. The van der Waals surface area contributed by atoms with Crippen molar-refractivity contribution in [1.82, 2.24) is 9.03 Å². The molecule has 19 heavy (non-hydrogen) atoms. The van der Waals surface area contributed by atoms with Crippen LogP contribution < -0.4 is 4.72 Å². The number of aliphatic carboxylic acids is 1. The van der Waals surface area contributed by atoms with Crippen LogP contribution in [0.2, 0.25) is 0 Å². The maximum absolute atomic E-state index is 11.8. The topological polar surface area (TPSA) is 122 Å². The number of carbonyl (C=O) groups is 2. The van der Waals surface area contributed by atoms with Gasteiger partial charge in [-0.25, -0.2) is 9.52 Å². The van der Waals surface area contributed by atoms with E-state index in [1.807, 2.05) is 0 Å². The van der Waals surface area contributed by atoms with Gasteiger partial charge in [0.25, 0.3) is 0 Å². The molecule has 110 valence electrons. The Bertz CT molecular complexity index is 449. The van der Waals surface area contributed by atoms with E-state index < -0.39 is 34.2 Å². The Balaban J connectivity index is 2.77. The van der Waals surface area contributed by atoms with Crippen molar-refractivity contribution in [2.45, 2.75) is 13.0 Å². The van der Waals surface area contributed by atoms with Crippen LogP contribution in [0.5, 0.6) is 0 Å². The first-order valence-electron chi connectivity index (χ1n) is 5.52. The number of nitrogens with one attached hydrogen (secondary N) is 1. The zero-order chi connectivity index (χ0) is 14.6. The molecule has 0 spiro atoms. The molecule has 2 unspecified atom stereocenters. The quantitative estimate of drug-likeness (QED) is 0.667. The molecule has 2 N–H and O–H groups in total. The van der Waals surface area contributed by atoms with Gasteiger partial charge in [-0.15, -0.1) is 0 Å². The molecule has 0 aromatic carbocycles. The molecule has 1 saturated heterocycles. The third-order valence-electron chi connectivity index (χ3n) is 2.70. The fourth-order valence-electron chi connectivity index (χ4n) is 1.65. The summed E-state index contributed by atoms with van der Waals surface area (Å²) in [7, 11) is -2.99. The minimum atomic E-state index is -4.17. The number of nitrogens with zero attached hydrogens (tertiary/aromatic N) is 1. The molecule has 1 heterocycles. The summed E-state index contributed by atoms with van der Waals surface area (Å²) in [5, 5.41) is 8.95. The molecular formula is C9H16N2O7S. The van der Waals surface area contributed by atoms with Gasteiger partial charge in [0, 0.05) is 7.05 Å². The predicted octanol–water partition coefficient (Wildman–Crippen LogP) is -0.991. The molecule has 1 aliphatic rings. The van der Waals surface area contributed by atoms with E-state index in [1.165, 1.54) is 14.0 Å². The lowest BCUT2D eigenvalue weighted by Crippen LogP contribution is -2.50. The van der Waals surface area contributed by atoms with Crippen molar-refractivity contribution >= 4 is 22.3 Å². The number of hydrogen-bond acceptors (Lipinski definition) is 6. The van der Waals surface area contributed by atoms with E-state index in [4.69, 9.17) is 9.84 Å². The summed E-state index contributed by atoms with van der Waals surface area (Å²) in [6.45, 7) is 1.44. The SMILES string of the molecule is CCOC(=O)NS(=O)(=O)N(C)C1COCC1C(=O)O. The first-order valence-corrected chi connectivity index (χ1v) is 6.96. The molecule has 1 rings (SSSR count). The number of carboxylic acids is 1. The molecule has 1 fully saturated rings. The van der Waals surface area contributed by atoms with Crippen LogP contribution in [-0.2, 0) is 24.5 Å². The molecule has 2 atom stereocenters. The Kier molecular flexibility index (Phi) is 5.09. The van der Waals surface area contributed by atoms with Crippen LogP contribution >= 0.6 is 0 Å². The molecule has 0 aliphatic carbocycles. The Morgan fingerprint density at radius 1 is 1.47 bits per heavy atom. The molecule has 9 nitrogen and oxygen atoms in total. The van der Waals surface area contributed by atoms with Gasteiger partial charge < -0.3 is 14.6 Å². The van der Waals surface area contributed by atoms with Gasteiger partial charge in [0.15, 0.2) is 0 Å². The molecule has 0 aromatic heterocycles. The number of carbonyl (C=O) groups excluding carboxylic acids is 1. The minimum absolute atomic E-state index is 0.0232. The minimum Gasteiger partial charge on any atom is -0.481 e. The molecule has 0 aromatic rings. The fourth-order valence-corrected chi connectivity index (χ4v) is 2.63. The van der Waals surface area contributed by atoms with Crippen LogP contribution in [0.15, 0.2) is 0 Å². The maximum Gasteiger partial charge on any atom is 0.421 e. The summed E-state index contributed by atoms with van der Waals surface area (Å²) in [6, 6.07) is -0.871. The van der Waals surface area contributed by atoms with Gasteiger partial charge in [-0.05, 0) is 6.92 Å². The number of amides is 1. The third-order valence-corrected chi connectivity index (χ3v) is 4.16. The maximum atomic E-state index is 11.8. The molecule has 0 bridgehead atoms. The highest BCUT2D eigenvalue weighted by Crippen LogP contribution is 2.20. The van der Waals surface area contributed by atoms with Gasteiger partial charge in [0.1, 0.15) is 0 Å². The Morgan fingerprint density at radius 3 is 2.63 bits per heavy atom. The van der Waals surface area contributed by atoms with Crippen LogP contribution in [0.3, 0.4) is 0 Å². The summed E-state index contributed by atoms with van der Waals surface area (Å²) in [4.78, 5) is 22.1. The van der Waals surface area contributed by atoms with E-state index in [-0.39, 0.29) is 19.8 Å². The Hall–Kier alpha value is -1.39. The van der Waals surface area contributed by atoms with E-state index in [0.29, 0.717) is 0 Å². The summed E-state index contributed by atoms with van der Waals surface area (Å²) in [5.74, 6) is -2.12. The number of rotatable bonds is 5. The van der Waals surface area contributed by atoms with E-state index in [1.54, 1.807) is 4.72 Å². The Morgan fingerprint density at radius 2 is 2.11 bits per heavy atom. The highest BCUT2D eigenvalue weighted by atomic mass is 32.2. The first-order chi connectivity index (χ1) is 8.79. The van der Waals surface area contributed by atoms with Crippen LogP contribution in [0.1, 0.15) is 6.92 Å². The van der Waals surface area contributed by atoms with Crippen LogP contribution in [0.4, 0.5) is 4.79 Å². The number of carboxylic acid groups (broad SMARTS) is 1. The second kappa shape index (κ2) is 6.17. The third kappa shape index (κ3) is 3.78. The van der Waals surface area contributed by atoms with Crippen LogP contribution in [-0.4, -0.2) is 62.8 Å². The van der Waals surface area contributed by atoms with Crippen molar-refractivity contribution < 1.29 is 32.6 Å². The normalized spacial score (nSPS) is 23.3. The summed E-state index contributed by atoms with van der Waals surface area (Å²) in [6.07, 6.45) is -1.11. The van der Waals surface area contributed by atoms with Gasteiger partial charge in [-0.2, -0.15) is 12.7 Å².